The molecule has 3 aromatic carbocycles. The number of nitrogens with zero attached hydrogens (tertiary/aromatic N) is 1. The summed E-state index contributed by atoms with van der Waals surface area (Å²) in [6.07, 6.45) is 0.545. The lowest BCUT2D eigenvalue weighted by Gasteiger charge is -2.31. The summed E-state index contributed by atoms with van der Waals surface area (Å²) < 4.78 is 14.7. The van der Waals surface area contributed by atoms with E-state index in [9.17, 15) is 9.50 Å². The molecule has 0 unspecified atom stereocenters. The van der Waals surface area contributed by atoms with E-state index in [1.165, 1.54) is 6.07 Å². The van der Waals surface area contributed by atoms with Crippen LogP contribution in [-0.2, 0) is 6.42 Å². The molecule has 2 N–H and O–H groups in total. The average molecular weight is 445 g/mol. The van der Waals surface area contributed by atoms with Gasteiger partial charge >= 0.3 is 0 Å². The van der Waals surface area contributed by atoms with E-state index in [1.54, 1.807) is 24.3 Å². The number of piperazine rings is 1. The molecule has 1 fully saturated rings. The van der Waals surface area contributed by atoms with E-state index in [-0.39, 0.29) is 6.61 Å². The second-order valence-electron chi connectivity index (χ2n) is 7.32. The van der Waals surface area contributed by atoms with Crippen molar-refractivity contribution in [2.24, 2.45) is 0 Å². The molecule has 0 spiro atoms. The Morgan fingerprint density at radius 1 is 0.967 bits per heavy atom. The van der Waals surface area contributed by atoms with Crippen LogP contribution in [0.4, 0.5) is 10.1 Å². The van der Waals surface area contributed by atoms with Crippen LogP contribution in [-0.4, -0.2) is 37.9 Å². The largest absolute Gasteiger partial charge is 0.396 e. The van der Waals surface area contributed by atoms with Crippen LogP contribution in [0.2, 0.25) is 10.0 Å². The van der Waals surface area contributed by atoms with Gasteiger partial charge in [-0.05, 0) is 47.9 Å². The molecule has 0 amide bonds. The van der Waals surface area contributed by atoms with Crippen LogP contribution in [0.25, 0.3) is 22.3 Å². The summed E-state index contributed by atoms with van der Waals surface area (Å²) in [5.74, 6) is -0.412. The Morgan fingerprint density at radius 3 is 2.47 bits per heavy atom. The number of anilines is 1. The zero-order valence-corrected chi connectivity index (χ0v) is 18.0. The Balaban J connectivity index is 1.80. The summed E-state index contributed by atoms with van der Waals surface area (Å²) in [7, 11) is 0. The van der Waals surface area contributed by atoms with Crippen molar-refractivity contribution in [2.45, 2.75) is 6.42 Å². The molecule has 3 nitrogen and oxygen atoms in total. The summed E-state index contributed by atoms with van der Waals surface area (Å²) >= 11 is 13.0. The normalized spacial score (nSPS) is 14.2. The molecule has 6 heteroatoms. The number of benzene rings is 3. The van der Waals surface area contributed by atoms with Crippen LogP contribution in [0.1, 0.15) is 5.56 Å². The first-order valence-electron chi connectivity index (χ1n) is 10.0. The van der Waals surface area contributed by atoms with Gasteiger partial charge in [-0.15, -0.1) is 0 Å². The first kappa shape index (κ1) is 21.1. The molecule has 0 aromatic heterocycles. The lowest BCUT2D eigenvalue weighted by molar-refractivity contribution is 0.299. The standard InChI is InChI=1S/C24H23Cl2FN2O/c25-20-4-2-1-3-19(20)23-21(27)7-6-18(24(23)26)16-5-8-22(17(15-16)9-14-30)29-12-10-28-11-13-29/h1-8,15,28,30H,9-14H2. The predicted molar refractivity (Wildman–Crippen MR) is 123 cm³/mol. The molecule has 1 saturated heterocycles. The third-order valence-corrected chi connectivity index (χ3v) is 6.19. The monoisotopic (exact) mass is 444 g/mol. The minimum absolute atomic E-state index is 0.0601. The number of aliphatic hydroxyl groups excluding tert-OH is 1. The Bertz CT molecular complexity index is 1050. The van der Waals surface area contributed by atoms with Gasteiger partial charge < -0.3 is 15.3 Å². The van der Waals surface area contributed by atoms with Crippen molar-refractivity contribution in [1.29, 1.82) is 0 Å². The smallest absolute Gasteiger partial charge is 0.132 e. The van der Waals surface area contributed by atoms with Crippen LogP contribution >= 0.6 is 23.2 Å². The minimum Gasteiger partial charge on any atom is -0.396 e. The van der Waals surface area contributed by atoms with E-state index >= 15 is 0 Å². The molecule has 0 aliphatic carbocycles. The Labute approximate surface area is 186 Å². The maximum atomic E-state index is 14.7. The predicted octanol–water partition coefficient (Wildman–Crippen LogP) is 5.41. The second-order valence-corrected chi connectivity index (χ2v) is 8.10. The van der Waals surface area contributed by atoms with E-state index in [4.69, 9.17) is 23.2 Å². The van der Waals surface area contributed by atoms with Crippen molar-refractivity contribution in [3.8, 4) is 22.3 Å². The molecule has 30 heavy (non-hydrogen) atoms. The van der Waals surface area contributed by atoms with Crippen molar-refractivity contribution in [1.82, 2.24) is 5.32 Å². The van der Waals surface area contributed by atoms with Gasteiger partial charge in [0, 0.05) is 60.2 Å². The minimum atomic E-state index is -0.412. The number of aliphatic hydroxyl groups is 1. The summed E-state index contributed by atoms with van der Waals surface area (Å²) in [5.41, 5.74) is 4.66. The molecule has 1 heterocycles. The molecular weight excluding hydrogens is 422 g/mol. The highest BCUT2D eigenvalue weighted by molar-refractivity contribution is 6.38. The van der Waals surface area contributed by atoms with Crippen molar-refractivity contribution < 1.29 is 9.50 Å². The SMILES string of the molecule is OCCc1cc(-c2ccc(F)c(-c3ccccc3Cl)c2Cl)ccc1N1CCNCC1. The fraction of sp³-hybridized carbons (Fsp3) is 0.250. The summed E-state index contributed by atoms with van der Waals surface area (Å²) in [6, 6.07) is 16.3. The number of nitrogens with one attached hydrogen (secondary N) is 1. The van der Waals surface area contributed by atoms with E-state index in [2.05, 4.69) is 16.3 Å². The molecule has 4 rings (SSSR count). The molecule has 0 saturated carbocycles. The molecular formula is C24H23Cl2FN2O. The number of halogens is 3. The molecule has 0 atom stereocenters. The van der Waals surface area contributed by atoms with Gasteiger partial charge in [0.2, 0.25) is 0 Å². The first-order chi connectivity index (χ1) is 14.6. The quantitative estimate of drug-likeness (QED) is 0.551. The van der Waals surface area contributed by atoms with Crippen LogP contribution in [0.15, 0.2) is 54.6 Å². The lowest BCUT2D eigenvalue weighted by Crippen LogP contribution is -2.43. The molecule has 0 radical (unpaired) electrons. The fourth-order valence-corrected chi connectivity index (χ4v) is 4.57. The Hall–Kier alpha value is -2.11. The maximum absolute atomic E-state index is 14.7. The third kappa shape index (κ3) is 4.19. The van der Waals surface area contributed by atoms with Crippen LogP contribution in [0.5, 0.6) is 0 Å². The van der Waals surface area contributed by atoms with Crippen molar-refractivity contribution in [2.75, 3.05) is 37.7 Å². The summed E-state index contributed by atoms with van der Waals surface area (Å²) in [5, 5.41) is 13.7. The van der Waals surface area contributed by atoms with Crippen molar-refractivity contribution >= 4 is 28.9 Å². The highest BCUT2D eigenvalue weighted by Crippen LogP contribution is 2.41. The lowest BCUT2D eigenvalue weighted by atomic mass is 9.95. The third-order valence-electron chi connectivity index (χ3n) is 5.46. The molecule has 0 bridgehead atoms. The van der Waals surface area contributed by atoms with E-state index in [0.717, 1.165) is 48.6 Å². The van der Waals surface area contributed by atoms with Gasteiger partial charge in [0.15, 0.2) is 0 Å². The summed E-state index contributed by atoms with van der Waals surface area (Å²) in [6.45, 7) is 3.78. The van der Waals surface area contributed by atoms with E-state index < -0.39 is 5.82 Å². The zero-order valence-electron chi connectivity index (χ0n) is 16.5. The van der Waals surface area contributed by atoms with Gasteiger partial charge in [-0.3, -0.25) is 0 Å². The average Bonchev–Trinajstić information content (AvgIpc) is 2.76. The number of rotatable bonds is 5. The van der Waals surface area contributed by atoms with E-state index in [1.807, 2.05) is 18.2 Å². The maximum Gasteiger partial charge on any atom is 0.132 e. The molecule has 3 aromatic rings. The van der Waals surface area contributed by atoms with E-state index in [0.29, 0.717) is 27.6 Å². The topological polar surface area (TPSA) is 35.5 Å². The fourth-order valence-electron chi connectivity index (χ4n) is 3.97. The van der Waals surface area contributed by atoms with Crippen molar-refractivity contribution in [3.05, 3.63) is 76.0 Å². The number of hydrogen-bond acceptors (Lipinski definition) is 3. The Kier molecular flexibility index (Phi) is 6.59. The van der Waals surface area contributed by atoms with Gasteiger partial charge in [0.25, 0.3) is 0 Å². The van der Waals surface area contributed by atoms with Crippen LogP contribution < -0.4 is 10.2 Å². The van der Waals surface area contributed by atoms with Crippen LogP contribution in [0, 0.1) is 5.82 Å². The van der Waals surface area contributed by atoms with Gasteiger partial charge in [-0.25, -0.2) is 4.39 Å². The van der Waals surface area contributed by atoms with Gasteiger partial charge in [-0.1, -0.05) is 47.5 Å². The highest BCUT2D eigenvalue weighted by atomic mass is 35.5. The molecule has 1 aliphatic rings. The van der Waals surface area contributed by atoms with Gasteiger partial charge in [0.1, 0.15) is 5.82 Å². The number of hydrogen-bond donors (Lipinski definition) is 2. The Morgan fingerprint density at radius 2 is 1.73 bits per heavy atom. The van der Waals surface area contributed by atoms with Gasteiger partial charge in [-0.2, -0.15) is 0 Å². The van der Waals surface area contributed by atoms with Crippen molar-refractivity contribution in [3.63, 3.8) is 0 Å². The highest BCUT2D eigenvalue weighted by Gasteiger charge is 2.19. The second kappa shape index (κ2) is 9.36. The summed E-state index contributed by atoms with van der Waals surface area (Å²) in [4.78, 5) is 2.33. The van der Waals surface area contributed by atoms with Crippen LogP contribution in [0.3, 0.4) is 0 Å². The van der Waals surface area contributed by atoms with Gasteiger partial charge in [0.05, 0.1) is 5.02 Å². The molecule has 156 valence electrons. The first-order valence-corrected chi connectivity index (χ1v) is 10.8. The zero-order chi connectivity index (χ0) is 21.1. The molecule has 1 aliphatic heterocycles.